The molecule has 1 aromatic rings. The van der Waals surface area contributed by atoms with Gasteiger partial charge in [0.15, 0.2) is 0 Å². The van der Waals surface area contributed by atoms with Crippen LogP contribution in [0, 0.1) is 5.82 Å². The molecule has 4 nitrogen and oxygen atoms in total. The number of carbonyl (C=O) groups is 1. The van der Waals surface area contributed by atoms with E-state index in [1.807, 2.05) is 0 Å². The number of benzene rings is 1. The molecule has 1 amide bonds. The SMILES string of the molecule is CCC(O)N(C(=O)O)[C@H]1CCCC[C@H]1c1ccccc1F. The van der Waals surface area contributed by atoms with Gasteiger partial charge in [-0.3, -0.25) is 4.90 Å². The lowest BCUT2D eigenvalue weighted by Crippen LogP contribution is -2.50. The molecule has 3 atom stereocenters. The summed E-state index contributed by atoms with van der Waals surface area (Å²) >= 11 is 0. The zero-order chi connectivity index (χ0) is 15.4. The molecule has 0 aromatic heterocycles. The van der Waals surface area contributed by atoms with Crippen LogP contribution >= 0.6 is 0 Å². The summed E-state index contributed by atoms with van der Waals surface area (Å²) in [5.41, 5.74) is 0.553. The minimum absolute atomic E-state index is 0.197. The number of amides is 1. The maximum absolute atomic E-state index is 14.1. The Labute approximate surface area is 124 Å². The van der Waals surface area contributed by atoms with Crippen LogP contribution in [0.15, 0.2) is 24.3 Å². The summed E-state index contributed by atoms with van der Waals surface area (Å²) in [6, 6.07) is 6.15. The molecule has 116 valence electrons. The third-order valence-electron chi connectivity index (χ3n) is 4.30. The molecule has 0 heterocycles. The van der Waals surface area contributed by atoms with Gasteiger partial charge in [-0.2, -0.15) is 0 Å². The first kappa shape index (κ1) is 15.8. The van der Waals surface area contributed by atoms with Crippen LogP contribution < -0.4 is 0 Å². The van der Waals surface area contributed by atoms with Crippen LogP contribution in [0.25, 0.3) is 0 Å². The van der Waals surface area contributed by atoms with Gasteiger partial charge in [-0.1, -0.05) is 38.0 Å². The Bertz CT molecular complexity index is 494. The van der Waals surface area contributed by atoms with Crippen molar-refractivity contribution in [2.45, 2.75) is 57.2 Å². The molecular weight excluding hydrogens is 273 g/mol. The first-order chi connectivity index (χ1) is 10.1. The van der Waals surface area contributed by atoms with Crippen molar-refractivity contribution < 1.29 is 19.4 Å². The quantitative estimate of drug-likeness (QED) is 0.835. The predicted octanol–water partition coefficient (Wildman–Crippen LogP) is 3.56. The van der Waals surface area contributed by atoms with E-state index >= 15 is 0 Å². The molecule has 1 aromatic carbocycles. The van der Waals surface area contributed by atoms with Crippen molar-refractivity contribution in [2.75, 3.05) is 0 Å². The smallest absolute Gasteiger partial charge is 0.409 e. The van der Waals surface area contributed by atoms with E-state index in [0.717, 1.165) is 24.2 Å². The molecule has 0 radical (unpaired) electrons. The van der Waals surface area contributed by atoms with E-state index < -0.39 is 12.3 Å². The van der Waals surface area contributed by atoms with Gasteiger partial charge < -0.3 is 10.2 Å². The zero-order valence-electron chi connectivity index (χ0n) is 12.2. The normalized spacial score (nSPS) is 23.6. The Hall–Kier alpha value is -1.62. The number of hydrogen-bond acceptors (Lipinski definition) is 2. The predicted molar refractivity (Wildman–Crippen MR) is 77.6 cm³/mol. The summed E-state index contributed by atoms with van der Waals surface area (Å²) < 4.78 is 14.1. The van der Waals surface area contributed by atoms with Gasteiger partial charge in [0.1, 0.15) is 12.0 Å². The van der Waals surface area contributed by atoms with E-state index in [4.69, 9.17) is 0 Å². The Morgan fingerprint density at radius 1 is 1.38 bits per heavy atom. The fraction of sp³-hybridized carbons (Fsp3) is 0.562. The van der Waals surface area contributed by atoms with E-state index in [9.17, 15) is 19.4 Å². The topological polar surface area (TPSA) is 60.8 Å². The van der Waals surface area contributed by atoms with Crippen LogP contribution in [-0.4, -0.2) is 33.5 Å². The highest BCUT2D eigenvalue weighted by Gasteiger charge is 2.37. The van der Waals surface area contributed by atoms with Crippen molar-refractivity contribution in [1.29, 1.82) is 0 Å². The lowest BCUT2D eigenvalue weighted by Gasteiger charge is -2.40. The molecule has 2 rings (SSSR count). The molecule has 1 aliphatic rings. The summed E-state index contributed by atoms with van der Waals surface area (Å²) in [5.74, 6) is -0.497. The summed E-state index contributed by atoms with van der Waals surface area (Å²) in [6.45, 7) is 1.74. The molecule has 1 saturated carbocycles. The minimum Gasteiger partial charge on any atom is -0.465 e. The van der Waals surface area contributed by atoms with Gasteiger partial charge in [-0.25, -0.2) is 9.18 Å². The number of rotatable bonds is 4. The van der Waals surface area contributed by atoms with E-state index in [1.165, 1.54) is 6.07 Å². The van der Waals surface area contributed by atoms with E-state index in [1.54, 1.807) is 25.1 Å². The average Bonchev–Trinajstić information content (AvgIpc) is 2.48. The molecular formula is C16H22FNO3. The van der Waals surface area contributed by atoms with Crippen molar-refractivity contribution in [3.05, 3.63) is 35.6 Å². The molecule has 0 saturated heterocycles. The molecule has 0 bridgehead atoms. The lowest BCUT2D eigenvalue weighted by molar-refractivity contribution is -0.0277. The van der Waals surface area contributed by atoms with Gasteiger partial charge in [0.05, 0.1) is 0 Å². The molecule has 5 heteroatoms. The zero-order valence-corrected chi connectivity index (χ0v) is 12.2. The van der Waals surface area contributed by atoms with Gasteiger partial charge in [-0.05, 0) is 30.9 Å². The second-order valence-electron chi connectivity index (χ2n) is 5.56. The highest BCUT2D eigenvalue weighted by Crippen LogP contribution is 2.38. The Morgan fingerprint density at radius 2 is 2.05 bits per heavy atom. The number of nitrogens with zero attached hydrogens (tertiary/aromatic N) is 1. The maximum atomic E-state index is 14.1. The average molecular weight is 295 g/mol. The molecule has 0 spiro atoms. The van der Waals surface area contributed by atoms with Gasteiger partial charge in [0.25, 0.3) is 0 Å². The molecule has 1 unspecified atom stereocenters. The second-order valence-corrected chi connectivity index (χ2v) is 5.56. The van der Waals surface area contributed by atoms with Crippen LogP contribution in [0.3, 0.4) is 0 Å². The lowest BCUT2D eigenvalue weighted by atomic mass is 9.79. The maximum Gasteiger partial charge on any atom is 0.409 e. The van der Waals surface area contributed by atoms with E-state index in [-0.39, 0.29) is 17.8 Å². The fourth-order valence-electron chi connectivity index (χ4n) is 3.27. The van der Waals surface area contributed by atoms with Crippen molar-refractivity contribution in [3.8, 4) is 0 Å². The summed E-state index contributed by atoms with van der Waals surface area (Å²) in [5, 5.41) is 19.5. The number of aliphatic hydroxyl groups is 1. The Balaban J connectivity index is 2.34. The third-order valence-corrected chi connectivity index (χ3v) is 4.30. The van der Waals surface area contributed by atoms with E-state index in [0.29, 0.717) is 18.4 Å². The molecule has 1 aliphatic carbocycles. The summed E-state index contributed by atoms with van der Waals surface area (Å²) in [7, 11) is 0. The highest BCUT2D eigenvalue weighted by molar-refractivity contribution is 5.66. The fourth-order valence-corrected chi connectivity index (χ4v) is 3.27. The molecule has 1 fully saturated rings. The van der Waals surface area contributed by atoms with E-state index in [2.05, 4.69) is 0 Å². The second kappa shape index (κ2) is 6.89. The van der Waals surface area contributed by atoms with Crippen molar-refractivity contribution >= 4 is 6.09 Å². The third kappa shape index (κ3) is 3.35. The minimum atomic E-state index is -1.14. The Kier molecular flexibility index (Phi) is 5.17. The largest absolute Gasteiger partial charge is 0.465 e. The van der Waals surface area contributed by atoms with Crippen molar-refractivity contribution in [3.63, 3.8) is 0 Å². The van der Waals surface area contributed by atoms with Crippen molar-refractivity contribution in [2.24, 2.45) is 0 Å². The summed E-state index contributed by atoms with van der Waals surface area (Å²) in [6.07, 6.45) is 1.39. The van der Waals surface area contributed by atoms with Crippen molar-refractivity contribution in [1.82, 2.24) is 4.90 Å². The summed E-state index contributed by atoms with van der Waals surface area (Å²) in [4.78, 5) is 12.6. The van der Waals surface area contributed by atoms with Crippen LogP contribution in [0.5, 0.6) is 0 Å². The van der Waals surface area contributed by atoms with Gasteiger partial charge >= 0.3 is 6.09 Å². The number of halogens is 1. The molecule has 2 N–H and O–H groups in total. The van der Waals surface area contributed by atoms with Crippen LogP contribution in [-0.2, 0) is 0 Å². The molecule has 0 aliphatic heterocycles. The monoisotopic (exact) mass is 295 g/mol. The number of hydrogen-bond donors (Lipinski definition) is 2. The first-order valence-corrected chi connectivity index (χ1v) is 7.50. The highest BCUT2D eigenvalue weighted by atomic mass is 19.1. The van der Waals surface area contributed by atoms with Gasteiger partial charge in [0.2, 0.25) is 0 Å². The number of carboxylic acid groups (broad SMARTS) is 1. The molecule has 21 heavy (non-hydrogen) atoms. The first-order valence-electron chi connectivity index (χ1n) is 7.50. The van der Waals surface area contributed by atoms with Crippen LogP contribution in [0.4, 0.5) is 9.18 Å². The van der Waals surface area contributed by atoms with Crippen LogP contribution in [0.1, 0.15) is 50.5 Å². The number of aliphatic hydroxyl groups excluding tert-OH is 1. The Morgan fingerprint density at radius 3 is 2.67 bits per heavy atom. The van der Waals surface area contributed by atoms with Crippen LogP contribution in [0.2, 0.25) is 0 Å². The van der Waals surface area contributed by atoms with Gasteiger partial charge in [-0.15, -0.1) is 0 Å². The standard InChI is InChI=1S/C16H22FNO3/c1-2-15(19)18(16(20)21)14-10-6-4-8-12(14)11-7-3-5-9-13(11)17/h3,5,7,9,12,14-15,19H,2,4,6,8,10H2,1H3,(H,20,21)/t12-,14-,15?/m0/s1. The van der Waals surface area contributed by atoms with Gasteiger partial charge in [0, 0.05) is 12.0 Å².